The molecule has 1 N–H and O–H groups in total. The number of hydrogen-bond donors (Lipinski definition) is 1. The van der Waals surface area contributed by atoms with Gasteiger partial charge in [0.05, 0.1) is 29.4 Å². The topological polar surface area (TPSA) is 103 Å². The molecule has 0 saturated carbocycles. The molecule has 1 aromatic carbocycles. The van der Waals surface area contributed by atoms with Crippen LogP contribution in [0.3, 0.4) is 0 Å². The number of carbonyl (C=O) groups excluding carboxylic acids is 1. The molecule has 0 atom stereocenters. The van der Waals surface area contributed by atoms with E-state index in [2.05, 4.69) is 15.4 Å². The first-order valence-corrected chi connectivity index (χ1v) is 12.8. The number of thiophene rings is 1. The van der Waals surface area contributed by atoms with E-state index in [0.29, 0.717) is 40.3 Å². The van der Waals surface area contributed by atoms with Crippen LogP contribution in [0.4, 0.5) is 5.69 Å². The first-order chi connectivity index (χ1) is 15.3. The first kappa shape index (κ1) is 22.0. The summed E-state index contributed by atoms with van der Waals surface area (Å²) in [5.41, 5.74) is 2.39. The Labute approximate surface area is 189 Å². The van der Waals surface area contributed by atoms with Gasteiger partial charge in [0.15, 0.2) is 15.5 Å². The Morgan fingerprint density at radius 1 is 1.22 bits per heavy atom. The number of fused-ring (bicyclic) bond motifs is 1. The van der Waals surface area contributed by atoms with E-state index in [1.807, 2.05) is 24.4 Å². The number of pyridine rings is 1. The summed E-state index contributed by atoms with van der Waals surface area (Å²) in [6.45, 7) is 2.48. The number of amides is 1. The smallest absolute Gasteiger partial charge is 0.256 e. The van der Waals surface area contributed by atoms with Crippen molar-refractivity contribution in [2.45, 2.75) is 13.5 Å². The lowest BCUT2D eigenvalue weighted by Crippen LogP contribution is -2.14. The summed E-state index contributed by atoms with van der Waals surface area (Å²) in [7, 11) is -3.11. The van der Waals surface area contributed by atoms with Gasteiger partial charge in [0.1, 0.15) is 12.4 Å². The van der Waals surface area contributed by atoms with Gasteiger partial charge in [-0.1, -0.05) is 12.1 Å². The van der Waals surface area contributed by atoms with Crippen LogP contribution in [0.2, 0.25) is 0 Å². The van der Waals surface area contributed by atoms with Crippen LogP contribution < -0.4 is 10.1 Å². The standard InChI is InChI=1S/C22H22N4O4S2/c1-15-11-19(20-13-23-26(21(20)24-15)14-18-7-4-9-31-18)22(27)25-16-5-3-6-17(12-16)30-8-10-32(2,28)29/h3-7,9,11-13H,8,10,14H2,1-2H3,(H,25,27). The zero-order chi connectivity index (χ0) is 22.7. The van der Waals surface area contributed by atoms with Crippen molar-refractivity contribution in [3.63, 3.8) is 0 Å². The average molecular weight is 471 g/mol. The molecule has 0 aliphatic carbocycles. The molecule has 32 heavy (non-hydrogen) atoms. The van der Waals surface area contributed by atoms with Crippen molar-refractivity contribution < 1.29 is 17.9 Å². The highest BCUT2D eigenvalue weighted by Crippen LogP contribution is 2.23. The summed E-state index contributed by atoms with van der Waals surface area (Å²) >= 11 is 1.64. The largest absolute Gasteiger partial charge is 0.492 e. The molecule has 10 heteroatoms. The summed E-state index contributed by atoms with van der Waals surface area (Å²) in [4.78, 5) is 18.8. The van der Waals surface area contributed by atoms with E-state index in [-0.39, 0.29) is 18.3 Å². The molecular weight excluding hydrogens is 448 g/mol. The van der Waals surface area contributed by atoms with Crippen molar-refractivity contribution in [2.75, 3.05) is 23.9 Å². The van der Waals surface area contributed by atoms with Gasteiger partial charge in [-0.2, -0.15) is 5.10 Å². The molecule has 166 valence electrons. The Bertz CT molecular complexity index is 1360. The molecule has 0 aliphatic rings. The van der Waals surface area contributed by atoms with Crippen molar-refractivity contribution in [1.29, 1.82) is 0 Å². The Kier molecular flexibility index (Phi) is 6.24. The molecule has 3 aromatic heterocycles. The van der Waals surface area contributed by atoms with E-state index in [4.69, 9.17) is 4.74 Å². The van der Waals surface area contributed by atoms with Crippen LogP contribution in [0.15, 0.2) is 54.0 Å². The van der Waals surface area contributed by atoms with Gasteiger partial charge in [0, 0.05) is 28.6 Å². The zero-order valence-electron chi connectivity index (χ0n) is 17.6. The predicted molar refractivity (Wildman–Crippen MR) is 125 cm³/mol. The van der Waals surface area contributed by atoms with Crippen molar-refractivity contribution in [2.24, 2.45) is 0 Å². The maximum absolute atomic E-state index is 13.1. The summed E-state index contributed by atoms with van der Waals surface area (Å²) in [5, 5.41) is 10.0. The lowest BCUT2D eigenvalue weighted by Gasteiger charge is -2.10. The van der Waals surface area contributed by atoms with E-state index in [9.17, 15) is 13.2 Å². The quantitative estimate of drug-likeness (QED) is 0.423. The van der Waals surface area contributed by atoms with Crippen molar-refractivity contribution in [3.05, 3.63) is 70.2 Å². The third-order valence-corrected chi connectivity index (χ3v) is 6.45. The molecular formula is C22H22N4O4S2. The predicted octanol–water partition coefficient (Wildman–Crippen LogP) is 3.53. The Morgan fingerprint density at radius 3 is 2.81 bits per heavy atom. The highest BCUT2D eigenvalue weighted by atomic mass is 32.2. The number of nitrogens with zero attached hydrogens (tertiary/aromatic N) is 3. The number of carbonyl (C=O) groups is 1. The fraction of sp³-hybridized carbons (Fsp3) is 0.227. The number of sulfone groups is 1. The minimum absolute atomic E-state index is 0.0455. The van der Waals surface area contributed by atoms with E-state index in [1.54, 1.807) is 52.5 Å². The molecule has 3 heterocycles. The Balaban J connectivity index is 1.54. The lowest BCUT2D eigenvalue weighted by molar-refractivity contribution is 0.102. The van der Waals surface area contributed by atoms with Crippen molar-refractivity contribution >= 4 is 43.8 Å². The van der Waals surface area contributed by atoms with E-state index >= 15 is 0 Å². The van der Waals surface area contributed by atoms with Crippen molar-refractivity contribution in [3.8, 4) is 5.75 Å². The number of benzene rings is 1. The van der Waals surface area contributed by atoms with Crippen LogP contribution in [0.1, 0.15) is 20.9 Å². The molecule has 4 rings (SSSR count). The second kappa shape index (κ2) is 9.09. The maximum Gasteiger partial charge on any atom is 0.256 e. The van der Waals surface area contributed by atoms with Gasteiger partial charge in [-0.05, 0) is 36.6 Å². The normalized spacial score (nSPS) is 11.6. The third-order valence-electron chi connectivity index (χ3n) is 4.68. The Hall–Kier alpha value is -3.24. The highest BCUT2D eigenvalue weighted by Gasteiger charge is 2.17. The van der Waals surface area contributed by atoms with Gasteiger partial charge in [-0.15, -0.1) is 11.3 Å². The molecule has 0 spiro atoms. The molecule has 1 amide bonds. The molecule has 0 saturated heterocycles. The van der Waals surface area contributed by atoms with Gasteiger partial charge in [-0.25, -0.2) is 18.1 Å². The van der Waals surface area contributed by atoms with Gasteiger partial charge in [0.25, 0.3) is 5.91 Å². The number of ether oxygens (including phenoxy) is 1. The number of aromatic nitrogens is 3. The number of hydrogen-bond acceptors (Lipinski definition) is 7. The number of anilines is 1. The van der Waals surface area contributed by atoms with E-state index in [0.717, 1.165) is 11.1 Å². The average Bonchev–Trinajstić information content (AvgIpc) is 3.37. The number of rotatable bonds is 8. The summed E-state index contributed by atoms with van der Waals surface area (Å²) in [6, 6.07) is 12.6. The van der Waals surface area contributed by atoms with Crippen LogP contribution in [-0.4, -0.2) is 47.7 Å². The zero-order valence-corrected chi connectivity index (χ0v) is 19.2. The fourth-order valence-corrected chi connectivity index (χ4v) is 4.27. The minimum Gasteiger partial charge on any atom is -0.492 e. The molecule has 0 unspecified atom stereocenters. The fourth-order valence-electron chi connectivity index (χ4n) is 3.20. The third kappa shape index (κ3) is 5.32. The van der Waals surface area contributed by atoms with Crippen LogP contribution in [0.5, 0.6) is 5.75 Å². The SMILES string of the molecule is Cc1cc(C(=O)Nc2cccc(OCCS(C)(=O)=O)c2)c2cnn(Cc3cccs3)c2n1. The van der Waals surface area contributed by atoms with Crippen molar-refractivity contribution in [1.82, 2.24) is 14.8 Å². The second-order valence-electron chi connectivity index (χ2n) is 7.39. The molecule has 0 fully saturated rings. The van der Waals surface area contributed by atoms with Crippen LogP contribution in [-0.2, 0) is 16.4 Å². The summed E-state index contributed by atoms with van der Waals surface area (Å²) < 4.78 is 29.8. The number of nitrogens with one attached hydrogen (secondary N) is 1. The van der Waals surface area contributed by atoms with E-state index in [1.165, 1.54) is 0 Å². The van der Waals surface area contributed by atoms with Crippen LogP contribution in [0, 0.1) is 6.92 Å². The molecule has 8 nitrogen and oxygen atoms in total. The molecule has 0 radical (unpaired) electrons. The van der Waals surface area contributed by atoms with Crippen LogP contribution >= 0.6 is 11.3 Å². The van der Waals surface area contributed by atoms with Crippen LogP contribution in [0.25, 0.3) is 11.0 Å². The van der Waals surface area contributed by atoms with Gasteiger partial charge in [0.2, 0.25) is 0 Å². The highest BCUT2D eigenvalue weighted by molar-refractivity contribution is 7.90. The molecule has 4 aromatic rings. The lowest BCUT2D eigenvalue weighted by atomic mass is 10.1. The first-order valence-electron chi connectivity index (χ1n) is 9.86. The van der Waals surface area contributed by atoms with Gasteiger partial charge in [-0.3, -0.25) is 4.79 Å². The Morgan fingerprint density at radius 2 is 2.06 bits per heavy atom. The second-order valence-corrected chi connectivity index (χ2v) is 10.7. The maximum atomic E-state index is 13.1. The molecule has 0 aliphatic heterocycles. The molecule has 0 bridgehead atoms. The van der Waals surface area contributed by atoms with Gasteiger partial charge >= 0.3 is 0 Å². The monoisotopic (exact) mass is 470 g/mol. The number of aryl methyl sites for hydroxylation is 1. The summed E-state index contributed by atoms with van der Waals surface area (Å²) in [6.07, 6.45) is 2.82. The van der Waals surface area contributed by atoms with Gasteiger partial charge < -0.3 is 10.1 Å². The summed E-state index contributed by atoms with van der Waals surface area (Å²) in [5.74, 6) is 0.114. The van der Waals surface area contributed by atoms with E-state index < -0.39 is 9.84 Å². The minimum atomic E-state index is -3.11.